The van der Waals surface area contributed by atoms with Crippen molar-refractivity contribution in [2.75, 3.05) is 13.2 Å². The third-order valence-corrected chi connectivity index (χ3v) is 4.79. The van der Waals surface area contributed by atoms with Gasteiger partial charge in [0.25, 0.3) is 5.91 Å². The summed E-state index contributed by atoms with van der Waals surface area (Å²) < 4.78 is 5.69. The number of unbranched alkanes of at least 4 members (excludes halogenated alkanes) is 1. The Morgan fingerprint density at radius 1 is 1.03 bits per heavy atom. The van der Waals surface area contributed by atoms with Gasteiger partial charge in [-0.25, -0.2) is 0 Å². The molecule has 0 aliphatic carbocycles. The van der Waals surface area contributed by atoms with Crippen molar-refractivity contribution in [1.29, 1.82) is 0 Å². The minimum Gasteiger partial charge on any atom is -0.484 e. The first-order valence-corrected chi connectivity index (χ1v) is 10.4. The largest absolute Gasteiger partial charge is 0.484 e. The summed E-state index contributed by atoms with van der Waals surface area (Å²) in [6, 6.07) is 16.8. The molecular weight excluding hydrogens is 364 g/mol. The molecule has 0 radical (unpaired) electrons. The molecule has 0 aliphatic heterocycles. The van der Waals surface area contributed by atoms with Crippen molar-refractivity contribution < 1.29 is 14.3 Å². The Kier molecular flexibility index (Phi) is 9.22. The smallest absolute Gasteiger partial charge is 0.261 e. The first-order chi connectivity index (χ1) is 14.0. The van der Waals surface area contributed by atoms with Crippen LogP contribution in [0.1, 0.15) is 44.2 Å². The van der Waals surface area contributed by atoms with Gasteiger partial charge in [0, 0.05) is 13.1 Å². The topological polar surface area (TPSA) is 58.6 Å². The molecule has 2 amide bonds. The molecule has 5 heteroatoms. The second-order valence-corrected chi connectivity index (χ2v) is 7.18. The molecular formula is C24H32N2O3. The van der Waals surface area contributed by atoms with E-state index in [-0.39, 0.29) is 18.4 Å². The number of hydrogen-bond donors (Lipinski definition) is 1. The first-order valence-electron chi connectivity index (χ1n) is 10.4. The Morgan fingerprint density at radius 3 is 2.34 bits per heavy atom. The Balaban J connectivity index is 2.12. The van der Waals surface area contributed by atoms with Crippen LogP contribution < -0.4 is 10.1 Å². The van der Waals surface area contributed by atoms with Crippen LogP contribution in [0.5, 0.6) is 5.75 Å². The van der Waals surface area contributed by atoms with Gasteiger partial charge in [-0.2, -0.15) is 0 Å². The van der Waals surface area contributed by atoms with Gasteiger partial charge in [-0.3, -0.25) is 9.59 Å². The van der Waals surface area contributed by atoms with E-state index in [0.717, 1.165) is 24.0 Å². The Hall–Kier alpha value is -2.82. The number of ether oxygens (including phenoxy) is 1. The summed E-state index contributed by atoms with van der Waals surface area (Å²) in [4.78, 5) is 27.4. The van der Waals surface area contributed by atoms with Crippen LogP contribution in [0.25, 0.3) is 0 Å². The number of carbonyl (C=O) groups is 2. The van der Waals surface area contributed by atoms with E-state index in [9.17, 15) is 9.59 Å². The minimum absolute atomic E-state index is 0.103. The van der Waals surface area contributed by atoms with Crippen LogP contribution >= 0.6 is 0 Å². The minimum atomic E-state index is -0.527. The molecule has 1 N–H and O–H groups in total. The van der Waals surface area contributed by atoms with Gasteiger partial charge in [-0.1, -0.05) is 68.3 Å². The summed E-state index contributed by atoms with van der Waals surface area (Å²) >= 11 is 0. The zero-order valence-corrected chi connectivity index (χ0v) is 17.7. The van der Waals surface area contributed by atoms with Crippen molar-refractivity contribution in [2.45, 2.75) is 52.6 Å². The Bertz CT molecular complexity index is 759. The lowest BCUT2D eigenvalue weighted by Gasteiger charge is -2.30. The van der Waals surface area contributed by atoms with Crippen LogP contribution in [-0.4, -0.2) is 35.9 Å². The molecule has 0 aromatic heterocycles. The molecule has 2 rings (SSSR count). The van der Waals surface area contributed by atoms with E-state index in [1.54, 1.807) is 4.90 Å². The van der Waals surface area contributed by atoms with Gasteiger partial charge < -0.3 is 15.0 Å². The van der Waals surface area contributed by atoms with Crippen LogP contribution in [0.2, 0.25) is 0 Å². The number of rotatable bonds is 11. The van der Waals surface area contributed by atoms with Crippen molar-refractivity contribution in [1.82, 2.24) is 10.2 Å². The predicted octanol–water partition coefficient (Wildman–Crippen LogP) is 4.10. The van der Waals surface area contributed by atoms with E-state index < -0.39 is 6.04 Å². The highest BCUT2D eigenvalue weighted by molar-refractivity contribution is 5.88. The molecule has 1 unspecified atom stereocenters. The molecule has 5 nitrogen and oxygen atoms in total. The van der Waals surface area contributed by atoms with Crippen molar-refractivity contribution in [3.8, 4) is 5.75 Å². The summed E-state index contributed by atoms with van der Waals surface area (Å²) in [7, 11) is 0. The zero-order chi connectivity index (χ0) is 21.1. The lowest BCUT2D eigenvalue weighted by Crippen LogP contribution is -2.50. The fourth-order valence-corrected chi connectivity index (χ4v) is 3.07. The monoisotopic (exact) mass is 396 g/mol. The summed E-state index contributed by atoms with van der Waals surface area (Å²) in [5.74, 6) is 0.330. The maximum Gasteiger partial charge on any atom is 0.261 e. The van der Waals surface area contributed by atoms with E-state index in [2.05, 4.69) is 12.2 Å². The normalized spacial score (nSPS) is 11.6. The van der Waals surface area contributed by atoms with Gasteiger partial charge in [0.15, 0.2) is 6.61 Å². The molecule has 0 spiro atoms. The Morgan fingerprint density at radius 2 is 1.72 bits per heavy atom. The number of nitrogens with one attached hydrogen (secondary N) is 1. The second kappa shape index (κ2) is 11.9. The van der Waals surface area contributed by atoms with E-state index in [1.807, 2.05) is 68.4 Å². The molecule has 29 heavy (non-hydrogen) atoms. The molecule has 2 aromatic rings. The lowest BCUT2D eigenvalue weighted by molar-refractivity contribution is -0.143. The van der Waals surface area contributed by atoms with Gasteiger partial charge in [0.05, 0.1) is 0 Å². The number of nitrogens with zero attached hydrogens (tertiary/aromatic N) is 1. The van der Waals surface area contributed by atoms with Crippen LogP contribution in [-0.2, 0) is 16.1 Å². The average Bonchev–Trinajstić information content (AvgIpc) is 2.74. The molecule has 0 saturated heterocycles. The standard InChI is InChI=1S/C24H32N2O3/c1-4-6-16-25-24(28)22(5-2)26(17-20-10-8-7-9-11-20)23(27)18-29-21-14-12-19(3)13-15-21/h7-15,22H,4-6,16-18H2,1-3H3,(H,25,28). The van der Waals surface area contributed by atoms with Gasteiger partial charge >= 0.3 is 0 Å². The highest BCUT2D eigenvalue weighted by atomic mass is 16.5. The van der Waals surface area contributed by atoms with Crippen LogP contribution in [0.4, 0.5) is 0 Å². The maximum atomic E-state index is 13.0. The number of amides is 2. The van der Waals surface area contributed by atoms with Gasteiger partial charge in [-0.15, -0.1) is 0 Å². The summed E-state index contributed by atoms with van der Waals surface area (Å²) in [5.41, 5.74) is 2.11. The van der Waals surface area contributed by atoms with Crippen molar-refractivity contribution in [2.24, 2.45) is 0 Å². The zero-order valence-electron chi connectivity index (χ0n) is 17.7. The van der Waals surface area contributed by atoms with Crippen molar-refractivity contribution >= 4 is 11.8 Å². The van der Waals surface area contributed by atoms with E-state index >= 15 is 0 Å². The van der Waals surface area contributed by atoms with Gasteiger partial charge in [-0.05, 0) is 37.5 Å². The predicted molar refractivity (Wildman–Crippen MR) is 116 cm³/mol. The first kappa shape index (κ1) is 22.5. The van der Waals surface area contributed by atoms with Crippen molar-refractivity contribution in [3.63, 3.8) is 0 Å². The fourth-order valence-electron chi connectivity index (χ4n) is 3.07. The molecule has 0 heterocycles. The van der Waals surface area contributed by atoms with Crippen LogP contribution in [0, 0.1) is 6.92 Å². The van der Waals surface area contributed by atoms with E-state index in [1.165, 1.54) is 0 Å². The average molecular weight is 397 g/mol. The molecule has 0 saturated carbocycles. The molecule has 0 aliphatic rings. The quantitative estimate of drug-likeness (QED) is 0.582. The van der Waals surface area contributed by atoms with E-state index in [0.29, 0.717) is 25.3 Å². The number of benzene rings is 2. The molecule has 1 atom stereocenters. The molecule has 0 fully saturated rings. The van der Waals surface area contributed by atoms with Crippen LogP contribution in [0.3, 0.4) is 0 Å². The summed E-state index contributed by atoms with van der Waals surface area (Å²) in [5, 5.41) is 2.96. The molecule has 0 bridgehead atoms. The number of hydrogen-bond acceptors (Lipinski definition) is 3. The highest BCUT2D eigenvalue weighted by Crippen LogP contribution is 2.15. The van der Waals surface area contributed by atoms with E-state index in [4.69, 9.17) is 4.74 Å². The second-order valence-electron chi connectivity index (χ2n) is 7.18. The Labute approximate surface area is 174 Å². The van der Waals surface area contributed by atoms with Crippen molar-refractivity contribution in [3.05, 3.63) is 65.7 Å². The van der Waals surface area contributed by atoms with Crippen LogP contribution in [0.15, 0.2) is 54.6 Å². The van der Waals surface area contributed by atoms with Gasteiger partial charge in [0.1, 0.15) is 11.8 Å². The molecule has 156 valence electrons. The summed E-state index contributed by atoms with van der Waals surface area (Å²) in [6.45, 7) is 6.90. The number of aryl methyl sites for hydroxylation is 1. The SMILES string of the molecule is CCCCNC(=O)C(CC)N(Cc1ccccc1)C(=O)COc1ccc(C)cc1. The highest BCUT2D eigenvalue weighted by Gasteiger charge is 2.28. The fraction of sp³-hybridized carbons (Fsp3) is 0.417. The maximum absolute atomic E-state index is 13.0. The third kappa shape index (κ3) is 7.26. The molecule has 2 aromatic carbocycles. The van der Waals surface area contributed by atoms with Gasteiger partial charge in [0.2, 0.25) is 5.91 Å². The third-order valence-electron chi connectivity index (χ3n) is 4.79. The number of carbonyl (C=O) groups excluding carboxylic acids is 2. The summed E-state index contributed by atoms with van der Waals surface area (Å²) in [6.07, 6.45) is 2.47. The lowest BCUT2D eigenvalue weighted by atomic mass is 10.1.